The normalized spacial score (nSPS) is 27.8. The van der Waals surface area contributed by atoms with E-state index < -0.39 is 10.0 Å². The zero-order chi connectivity index (χ0) is 18.7. The Morgan fingerprint density at radius 1 is 1.19 bits per heavy atom. The minimum absolute atomic E-state index is 0.0125. The van der Waals surface area contributed by atoms with Crippen molar-refractivity contribution < 1.29 is 18.3 Å². The van der Waals surface area contributed by atoms with Gasteiger partial charge in [0.25, 0.3) is 0 Å². The highest BCUT2D eigenvalue weighted by Gasteiger charge is 2.35. The second-order valence-electron chi connectivity index (χ2n) is 7.16. The molecule has 1 aromatic rings. The number of aliphatic hydroxyl groups excluding tert-OH is 1. The van der Waals surface area contributed by atoms with E-state index in [-0.39, 0.29) is 35.4 Å². The van der Waals surface area contributed by atoms with Crippen LogP contribution in [0.4, 0.5) is 0 Å². The molecule has 1 heterocycles. The number of nitrogens with one attached hydrogen (secondary N) is 1. The minimum atomic E-state index is -3.63. The second kappa shape index (κ2) is 8.37. The molecule has 26 heavy (non-hydrogen) atoms. The number of hydrogen-bond acceptors (Lipinski definition) is 4. The highest BCUT2D eigenvalue weighted by molar-refractivity contribution is 9.10. The van der Waals surface area contributed by atoms with E-state index in [0.717, 1.165) is 19.3 Å². The van der Waals surface area contributed by atoms with Crippen LogP contribution in [-0.2, 0) is 14.8 Å². The van der Waals surface area contributed by atoms with Crippen LogP contribution in [0.2, 0.25) is 0 Å². The summed E-state index contributed by atoms with van der Waals surface area (Å²) in [6.45, 7) is 0.625. The third kappa shape index (κ3) is 4.47. The fraction of sp³-hybridized carbons (Fsp3) is 0.611. The first-order chi connectivity index (χ1) is 12.4. The molecule has 1 aliphatic carbocycles. The van der Waals surface area contributed by atoms with Crippen molar-refractivity contribution in [2.45, 2.75) is 55.6 Å². The number of carbonyl (C=O) groups excluding carboxylic acids is 1. The van der Waals surface area contributed by atoms with Crippen molar-refractivity contribution in [3.05, 3.63) is 28.7 Å². The molecule has 1 saturated heterocycles. The van der Waals surface area contributed by atoms with Gasteiger partial charge in [-0.15, -0.1) is 0 Å². The Bertz CT molecular complexity index is 755. The fourth-order valence-electron chi connectivity index (χ4n) is 3.78. The summed E-state index contributed by atoms with van der Waals surface area (Å²) in [6, 6.07) is 6.73. The first-order valence-corrected chi connectivity index (χ1v) is 11.3. The summed E-state index contributed by atoms with van der Waals surface area (Å²) in [5.41, 5.74) is 0. The summed E-state index contributed by atoms with van der Waals surface area (Å²) in [6.07, 6.45) is 4.13. The average Bonchev–Trinajstić information content (AvgIpc) is 2.62. The van der Waals surface area contributed by atoms with Crippen LogP contribution >= 0.6 is 15.9 Å². The van der Waals surface area contributed by atoms with E-state index >= 15 is 0 Å². The van der Waals surface area contributed by atoms with Crippen LogP contribution in [0.3, 0.4) is 0 Å². The van der Waals surface area contributed by atoms with E-state index in [0.29, 0.717) is 30.3 Å². The van der Waals surface area contributed by atoms with Crippen LogP contribution in [0, 0.1) is 5.92 Å². The number of nitrogens with zero attached hydrogens (tertiary/aromatic N) is 1. The zero-order valence-electron chi connectivity index (χ0n) is 14.6. The van der Waals surface area contributed by atoms with Gasteiger partial charge in [0.05, 0.1) is 16.9 Å². The van der Waals surface area contributed by atoms with Crippen LogP contribution < -0.4 is 5.32 Å². The van der Waals surface area contributed by atoms with E-state index in [4.69, 9.17) is 0 Å². The third-order valence-corrected chi connectivity index (χ3v) is 8.08. The molecule has 3 atom stereocenters. The summed E-state index contributed by atoms with van der Waals surface area (Å²) in [5.74, 6) is -0.448. The number of hydrogen-bond donors (Lipinski definition) is 2. The van der Waals surface area contributed by atoms with Crippen molar-refractivity contribution in [3.8, 4) is 0 Å². The number of benzene rings is 1. The van der Waals surface area contributed by atoms with Gasteiger partial charge in [-0.25, -0.2) is 8.42 Å². The van der Waals surface area contributed by atoms with E-state index in [1.165, 1.54) is 4.31 Å². The number of piperidine rings is 1. The molecule has 1 aliphatic heterocycles. The van der Waals surface area contributed by atoms with Crippen LogP contribution in [0.1, 0.15) is 38.5 Å². The standard InChI is InChI=1S/C18H25BrN2O4S/c19-16-8-1-2-9-17(16)26(24,25)21-10-4-5-13(12-21)18(23)20-14-6-3-7-15(22)11-14/h1-2,8-9,13-15,22H,3-7,10-12H2,(H,20,23)/t13-,14?,15?/m0/s1. The Morgan fingerprint density at radius 2 is 1.96 bits per heavy atom. The average molecular weight is 445 g/mol. The van der Waals surface area contributed by atoms with Gasteiger partial charge in [0.2, 0.25) is 15.9 Å². The summed E-state index contributed by atoms with van der Waals surface area (Å²) in [4.78, 5) is 12.9. The molecule has 0 radical (unpaired) electrons. The quantitative estimate of drug-likeness (QED) is 0.745. The van der Waals surface area contributed by atoms with Gasteiger partial charge in [-0.05, 0) is 66.6 Å². The van der Waals surface area contributed by atoms with Gasteiger partial charge in [0, 0.05) is 23.6 Å². The molecule has 3 rings (SSSR count). The first-order valence-electron chi connectivity index (χ1n) is 9.11. The maximum atomic E-state index is 12.9. The van der Waals surface area contributed by atoms with Gasteiger partial charge in [0.15, 0.2) is 0 Å². The second-order valence-corrected chi connectivity index (χ2v) is 9.92. The number of sulfonamides is 1. The van der Waals surface area contributed by atoms with Crippen LogP contribution in [0.5, 0.6) is 0 Å². The molecule has 144 valence electrons. The molecular weight excluding hydrogens is 420 g/mol. The van der Waals surface area contributed by atoms with E-state index in [9.17, 15) is 18.3 Å². The van der Waals surface area contributed by atoms with Crippen LogP contribution in [0.25, 0.3) is 0 Å². The largest absolute Gasteiger partial charge is 0.393 e. The smallest absolute Gasteiger partial charge is 0.244 e. The number of amides is 1. The fourth-order valence-corrected chi connectivity index (χ4v) is 6.27. The van der Waals surface area contributed by atoms with Gasteiger partial charge in [-0.1, -0.05) is 12.1 Å². The number of rotatable bonds is 4. The monoisotopic (exact) mass is 444 g/mol. The molecule has 2 unspecified atom stereocenters. The van der Waals surface area contributed by atoms with Crippen molar-refractivity contribution in [1.29, 1.82) is 0 Å². The SMILES string of the molecule is O=C(NC1CCCC(O)C1)[C@H]1CCCN(S(=O)(=O)c2ccccc2Br)C1. The lowest BCUT2D eigenvalue weighted by atomic mass is 9.91. The lowest BCUT2D eigenvalue weighted by Gasteiger charge is -2.33. The summed E-state index contributed by atoms with van der Waals surface area (Å²) in [7, 11) is -3.63. The van der Waals surface area contributed by atoms with Crippen LogP contribution in [0.15, 0.2) is 33.6 Å². The van der Waals surface area contributed by atoms with Gasteiger partial charge >= 0.3 is 0 Å². The number of halogens is 1. The minimum Gasteiger partial charge on any atom is -0.393 e. The van der Waals surface area contributed by atoms with E-state index in [1.807, 2.05) is 0 Å². The lowest BCUT2D eigenvalue weighted by Crippen LogP contribution is -2.48. The highest BCUT2D eigenvalue weighted by Crippen LogP contribution is 2.28. The van der Waals surface area contributed by atoms with Crippen molar-refractivity contribution in [3.63, 3.8) is 0 Å². The van der Waals surface area contributed by atoms with Crippen molar-refractivity contribution >= 4 is 31.9 Å². The topological polar surface area (TPSA) is 86.7 Å². The summed E-state index contributed by atoms with van der Waals surface area (Å²) >= 11 is 3.31. The highest BCUT2D eigenvalue weighted by atomic mass is 79.9. The molecule has 2 fully saturated rings. The van der Waals surface area contributed by atoms with Gasteiger partial charge in [-0.3, -0.25) is 4.79 Å². The Balaban J connectivity index is 1.67. The molecule has 1 saturated carbocycles. The molecule has 0 aromatic heterocycles. The van der Waals surface area contributed by atoms with Crippen LogP contribution in [-0.4, -0.2) is 49.0 Å². The lowest BCUT2D eigenvalue weighted by molar-refractivity contribution is -0.127. The molecule has 0 bridgehead atoms. The zero-order valence-corrected chi connectivity index (χ0v) is 17.0. The summed E-state index contributed by atoms with van der Waals surface area (Å²) < 4.78 is 27.8. The first kappa shape index (κ1) is 19.8. The molecule has 8 heteroatoms. The number of aliphatic hydroxyl groups is 1. The molecule has 1 aromatic carbocycles. The van der Waals surface area contributed by atoms with Crippen molar-refractivity contribution in [2.75, 3.05) is 13.1 Å². The van der Waals surface area contributed by atoms with Gasteiger partial charge in [0.1, 0.15) is 0 Å². The Labute approximate surface area is 163 Å². The van der Waals surface area contributed by atoms with Gasteiger partial charge in [-0.2, -0.15) is 4.31 Å². The molecular formula is C18H25BrN2O4S. The molecule has 2 N–H and O–H groups in total. The molecule has 2 aliphatic rings. The Hall–Kier alpha value is -0.960. The molecule has 1 amide bonds. The predicted octanol–water partition coefficient (Wildman–Crippen LogP) is 2.27. The summed E-state index contributed by atoms with van der Waals surface area (Å²) in [5, 5.41) is 12.8. The van der Waals surface area contributed by atoms with Crippen molar-refractivity contribution in [2.24, 2.45) is 5.92 Å². The Kier molecular flexibility index (Phi) is 6.37. The molecule has 0 spiro atoms. The Morgan fingerprint density at radius 3 is 2.69 bits per heavy atom. The van der Waals surface area contributed by atoms with E-state index in [2.05, 4.69) is 21.2 Å². The number of carbonyl (C=O) groups is 1. The maximum absolute atomic E-state index is 12.9. The van der Waals surface area contributed by atoms with Gasteiger partial charge < -0.3 is 10.4 Å². The third-order valence-electron chi connectivity index (χ3n) is 5.20. The predicted molar refractivity (Wildman–Crippen MR) is 102 cm³/mol. The van der Waals surface area contributed by atoms with E-state index in [1.54, 1.807) is 24.3 Å². The van der Waals surface area contributed by atoms with Crippen molar-refractivity contribution in [1.82, 2.24) is 9.62 Å². The maximum Gasteiger partial charge on any atom is 0.244 e. The molecule has 6 nitrogen and oxygen atoms in total.